The lowest BCUT2D eigenvalue weighted by Gasteiger charge is -2.50. The van der Waals surface area contributed by atoms with Crippen molar-refractivity contribution in [2.75, 3.05) is 10.3 Å². The molecule has 2 aliphatic heterocycles. The standard InChI is InChI=1S/C45H32Cl2FN3O6/c46-27-10-8-26(9-11-27)45-36(42(55)51(44(45)57)49-29-14-12-28(48)13-15-29)23-35-32(39(45)33-19-18-31(52)22-37(33)47)20-21-34-38(35)43(56)50(41(34)54)30-16-6-25(7-17-30)40(53)24-4-2-1-3-5-24/h1-20,22,34-36,38-39,49,52H,21,23H2. The Bertz CT molecular complexity index is 2530. The number of amides is 4. The molecular weight excluding hydrogens is 768 g/mol. The zero-order valence-electron chi connectivity index (χ0n) is 29.9. The van der Waals surface area contributed by atoms with E-state index in [0.717, 1.165) is 9.91 Å². The molecule has 9 nitrogen and oxygen atoms in total. The van der Waals surface area contributed by atoms with Crippen LogP contribution in [-0.4, -0.2) is 39.5 Å². The molecule has 2 N–H and O–H groups in total. The van der Waals surface area contributed by atoms with Crippen LogP contribution in [0.4, 0.5) is 15.8 Å². The van der Waals surface area contributed by atoms with Gasteiger partial charge in [-0.1, -0.05) is 83.4 Å². The lowest BCUT2D eigenvalue weighted by Crippen LogP contribution is -2.53. The summed E-state index contributed by atoms with van der Waals surface area (Å²) in [6.45, 7) is 0. The summed E-state index contributed by atoms with van der Waals surface area (Å²) in [5, 5.41) is 11.9. The zero-order valence-corrected chi connectivity index (χ0v) is 31.5. The molecule has 6 unspecified atom stereocenters. The molecule has 0 bridgehead atoms. The lowest BCUT2D eigenvalue weighted by atomic mass is 9.49. The Hall–Kier alpha value is -6.10. The van der Waals surface area contributed by atoms with E-state index in [9.17, 15) is 28.7 Å². The number of rotatable bonds is 7. The van der Waals surface area contributed by atoms with Gasteiger partial charge in [0.25, 0.3) is 11.8 Å². The number of nitrogens with zero attached hydrogens (tertiary/aromatic N) is 2. The van der Waals surface area contributed by atoms with Crippen LogP contribution in [0.5, 0.6) is 5.75 Å². The van der Waals surface area contributed by atoms with E-state index in [1.54, 1.807) is 78.9 Å². The van der Waals surface area contributed by atoms with Crippen molar-refractivity contribution >= 4 is 64.0 Å². The van der Waals surface area contributed by atoms with Crippen LogP contribution in [0.3, 0.4) is 0 Å². The molecule has 0 spiro atoms. The molecule has 4 aliphatic rings. The number of hydrogen-bond acceptors (Lipinski definition) is 7. The van der Waals surface area contributed by atoms with E-state index in [1.807, 2.05) is 12.1 Å². The second kappa shape index (κ2) is 13.8. The first kappa shape index (κ1) is 36.5. The number of carbonyl (C=O) groups excluding carboxylic acids is 5. The van der Waals surface area contributed by atoms with Gasteiger partial charge in [0.1, 0.15) is 11.6 Å². The van der Waals surface area contributed by atoms with E-state index in [1.165, 1.54) is 36.4 Å². The average Bonchev–Trinajstić information content (AvgIpc) is 3.60. The summed E-state index contributed by atoms with van der Waals surface area (Å²) < 4.78 is 13.9. The Morgan fingerprint density at radius 2 is 1.46 bits per heavy atom. The predicted molar refractivity (Wildman–Crippen MR) is 211 cm³/mol. The Kier molecular flexibility index (Phi) is 8.86. The first-order valence-electron chi connectivity index (χ1n) is 18.4. The van der Waals surface area contributed by atoms with Crippen LogP contribution in [0.25, 0.3) is 0 Å². The molecule has 3 fully saturated rings. The fourth-order valence-electron chi connectivity index (χ4n) is 9.52. The summed E-state index contributed by atoms with van der Waals surface area (Å²) in [5.41, 5.74) is 4.40. The van der Waals surface area contributed by atoms with Crippen LogP contribution in [0.1, 0.15) is 45.8 Å². The number of hydrogen-bond donors (Lipinski definition) is 2. The number of imide groups is 2. The fourth-order valence-corrected chi connectivity index (χ4v) is 9.93. The quantitative estimate of drug-likeness (QED) is 0.0966. The van der Waals surface area contributed by atoms with Gasteiger partial charge in [-0.25, -0.2) is 4.39 Å². The van der Waals surface area contributed by atoms with Gasteiger partial charge in [0.2, 0.25) is 11.8 Å². The van der Waals surface area contributed by atoms with Gasteiger partial charge in [0.05, 0.1) is 34.5 Å². The summed E-state index contributed by atoms with van der Waals surface area (Å²) in [5.74, 6) is -7.15. The van der Waals surface area contributed by atoms with Crippen LogP contribution in [0.15, 0.2) is 133 Å². The van der Waals surface area contributed by atoms with Crippen molar-refractivity contribution in [3.05, 3.63) is 171 Å². The monoisotopic (exact) mass is 799 g/mol. The number of benzene rings is 5. The lowest BCUT2D eigenvalue weighted by molar-refractivity contribution is -0.138. The van der Waals surface area contributed by atoms with E-state index in [4.69, 9.17) is 23.2 Å². The Morgan fingerprint density at radius 3 is 2.14 bits per heavy atom. The van der Waals surface area contributed by atoms with Crippen molar-refractivity contribution in [1.82, 2.24) is 5.01 Å². The van der Waals surface area contributed by atoms with Crippen LogP contribution < -0.4 is 10.3 Å². The number of carbonyl (C=O) groups is 5. The molecule has 57 heavy (non-hydrogen) atoms. The summed E-state index contributed by atoms with van der Waals surface area (Å²) in [7, 11) is 0. The third-order valence-corrected chi connectivity index (χ3v) is 12.6. The Morgan fingerprint density at radius 1 is 0.772 bits per heavy atom. The summed E-state index contributed by atoms with van der Waals surface area (Å²) in [4.78, 5) is 73.3. The van der Waals surface area contributed by atoms with Crippen LogP contribution in [-0.2, 0) is 24.6 Å². The highest BCUT2D eigenvalue weighted by Gasteiger charge is 2.70. The van der Waals surface area contributed by atoms with Crippen molar-refractivity contribution in [2.24, 2.45) is 23.7 Å². The molecule has 5 aromatic carbocycles. The molecule has 4 amide bonds. The number of halogens is 3. The Labute approximate surface area is 336 Å². The molecule has 12 heteroatoms. The molecule has 0 aromatic heterocycles. The van der Waals surface area contributed by atoms with Gasteiger partial charge in [-0.2, -0.15) is 5.01 Å². The maximum atomic E-state index is 15.3. The Balaban J connectivity index is 1.16. The fraction of sp³-hybridized carbons (Fsp3) is 0.178. The third-order valence-electron chi connectivity index (χ3n) is 12.0. The number of phenols is 1. The van der Waals surface area contributed by atoms with Crippen LogP contribution >= 0.6 is 23.2 Å². The van der Waals surface area contributed by atoms with Gasteiger partial charge in [-0.15, -0.1) is 0 Å². The van der Waals surface area contributed by atoms with Crippen molar-refractivity contribution in [2.45, 2.75) is 24.2 Å². The highest BCUT2D eigenvalue weighted by molar-refractivity contribution is 6.32. The largest absolute Gasteiger partial charge is 0.508 e. The van der Waals surface area contributed by atoms with Gasteiger partial charge in [-0.3, -0.25) is 34.3 Å². The maximum Gasteiger partial charge on any atom is 0.260 e. The second-order valence-corrected chi connectivity index (χ2v) is 15.7. The first-order valence-corrected chi connectivity index (χ1v) is 19.2. The van der Waals surface area contributed by atoms with E-state index in [0.29, 0.717) is 44.2 Å². The minimum Gasteiger partial charge on any atom is -0.508 e. The van der Waals surface area contributed by atoms with E-state index < -0.39 is 64.5 Å². The molecule has 0 radical (unpaired) electrons. The summed E-state index contributed by atoms with van der Waals surface area (Å²) >= 11 is 13.3. The predicted octanol–water partition coefficient (Wildman–Crippen LogP) is 8.26. The highest BCUT2D eigenvalue weighted by atomic mass is 35.5. The van der Waals surface area contributed by atoms with Gasteiger partial charge < -0.3 is 5.11 Å². The molecular formula is C45H32Cl2FN3O6. The molecule has 1 saturated carbocycles. The van der Waals surface area contributed by atoms with Gasteiger partial charge in [0.15, 0.2) is 5.78 Å². The minimum absolute atomic E-state index is 0.0331. The normalized spacial score (nSPS) is 25.2. The number of nitrogens with one attached hydrogen (secondary N) is 1. The van der Waals surface area contributed by atoms with Gasteiger partial charge >= 0.3 is 0 Å². The van der Waals surface area contributed by atoms with E-state index in [-0.39, 0.29) is 29.4 Å². The highest BCUT2D eigenvalue weighted by Crippen LogP contribution is 2.65. The van der Waals surface area contributed by atoms with Gasteiger partial charge in [0, 0.05) is 27.1 Å². The van der Waals surface area contributed by atoms with Crippen molar-refractivity contribution in [3.63, 3.8) is 0 Å². The molecule has 2 aliphatic carbocycles. The van der Waals surface area contributed by atoms with Crippen LogP contribution in [0, 0.1) is 29.5 Å². The molecule has 2 heterocycles. The van der Waals surface area contributed by atoms with Crippen LogP contribution in [0.2, 0.25) is 10.0 Å². The topological polar surface area (TPSA) is 124 Å². The van der Waals surface area contributed by atoms with Gasteiger partial charge in [-0.05, 0) is 103 Å². The van der Waals surface area contributed by atoms with E-state index in [2.05, 4.69) is 5.43 Å². The number of hydrazine groups is 1. The van der Waals surface area contributed by atoms with Crippen molar-refractivity contribution < 1.29 is 33.5 Å². The first-order chi connectivity index (χ1) is 27.5. The number of allylic oxidation sites excluding steroid dienone is 2. The number of ketones is 1. The maximum absolute atomic E-state index is 15.3. The average molecular weight is 801 g/mol. The SMILES string of the molecule is O=C(c1ccccc1)c1ccc(N2C(=O)C3CC=C4C(CC5C(=O)N(Nc6ccc(F)cc6)C(=O)C5(c5ccc(Cl)cc5)C4c4ccc(O)cc4Cl)C3C2=O)cc1. The zero-order chi connectivity index (χ0) is 39.7. The van der Waals surface area contributed by atoms with E-state index >= 15 is 4.79 Å². The number of anilines is 2. The molecule has 2 saturated heterocycles. The number of phenolic OH excluding ortho intramolecular Hbond substituents is 1. The third kappa shape index (κ3) is 5.69. The molecule has 5 aromatic rings. The van der Waals surface area contributed by atoms with Crippen molar-refractivity contribution in [3.8, 4) is 5.75 Å². The number of fused-ring (bicyclic) bond motifs is 4. The minimum atomic E-state index is -1.63. The molecule has 6 atom stereocenters. The van der Waals surface area contributed by atoms with Crippen molar-refractivity contribution in [1.29, 1.82) is 0 Å². The summed E-state index contributed by atoms with van der Waals surface area (Å²) in [6, 6.07) is 31.5. The second-order valence-electron chi connectivity index (χ2n) is 14.8. The molecule has 9 rings (SSSR count). The molecule has 284 valence electrons. The number of aromatic hydroxyl groups is 1. The smallest absolute Gasteiger partial charge is 0.260 e. The summed E-state index contributed by atoms with van der Waals surface area (Å²) in [6.07, 6.45) is 2.11.